The summed E-state index contributed by atoms with van der Waals surface area (Å²) in [7, 11) is 1.67. The van der Waals surface area contributed by atoms with E-state index in [9.17, 15) is 4.79 Å². The van der Waals surface area contributed by atoms with Crippen molar-refractivity contribution in [1.82, 2.24) is 4.90 Å². The first-order chi connectivity index (χ1) is 13.7. The highest BCUT2D eigenvalue weighted by molar-refractivity contribution is 7.09. The third-order valence-corrected chi connectivity index (χ3v) is 6.60. The molecule has 1 aromatic heterocycles. The van der Waals surface area contributed by atoms with Gasteiger partial charge in [-0.2, -0.15) is 0 Å². The van der Waals surface area contributed by atoms with E-state index in [4.69, 9.17) is 9.47 Å². The van der Waals surface area contributed by atoms with Crippen LogP contribution in [0.4, 0.5) is 5.69 Å². The number of hydrogen-bond donors (Lipinski definition) is 0. The second kappa shape index (κ2) is 8.97. The lowest BCUT2D eigenvalue weighted by molar-refractivity contribution is -0.148. The summed E-state index contributed by atoms with van der Waals surface area (Å²) >= 11 is 1.72. The first-order valence-corrected chi connectivity index (χ1v) is 10.9. The van der Waals surface area contributed by atoms with Crippen molar-refractivity contribution in [3.05, 3.63) is 46.7 Å². The van der Waals surface area contributed by atoms with Crippen molar-refractivity contribution >= 4 is 22.9 Å². The molecule has 2 unspecified atom stereocenters. The van der Waals surface area contributed by atoms with E-state index in [1.54, 1.807) is 18.4 Å². The van der Waals surface area contributed by atoms with E-state index in [1.807, 2.05) is 24.3 Å². The number of hydrogen-bond acceptors (Lipinski definition) is 5. The molecule has 28 heavy (non-hydrogen) atoms. The van der Waals surface area contributed by atoms with Crippen LogP contribution in [0.1, 0.15) is 30.6 Å². The van der Waals surface area contributed by atoms with Crippen molar-refractivity contribution in [2.75, 3.05) is 31.7 Å². The fourth-order valence-corrected chi connectivity index (χ4v) is 5.00. The number of rotatable bonds is 6. The molecule has 2 aromatic rings. The highest BCUT2D eigenvalue weighted by Gasteiger charge is 2.37. The second-order valence-electron chi connectivity index (χ2n) is 7.48. The van der Waals surface area contributed by atoms with Crippen molar-refractivity contribution in [3.63, 3.8) is 0 Å². The van der Waals surface area contributed by atoms with Crippen molar-refractivity contribution in [3.8, 4) is 5.75 Å². The smallest absolute Gasteiger partial charge is 0.242 e. The van der Waals surface area contributed by atoms with Gasteiger partial charge in [-0.25, -0.2) is 0 Å². The van der Waals surface area contributed by atoms with Crippen LogP contribution in [0.25, 0.3) is 0 Å². The van der Waals surface area contributed by atoms with Gasteiger partial charge in [-0.3, -0.25) is 4.79 Å². The molecule has 0 radical (unpaired) electrons. The van der Waals surface area contributed by atoms with Gasteiger partial charge in [0.1, 0.15) is 5.75 Å². The van der Waals surface area contributed by atoms with Gasteiger partial charge in [0.25, 0.3) is 0 Å². The van der Waals surface area contributed by atoms with Gasteiger partial charge >= 0.3 is 0 Å². The second-order valence-corrected chi connectivity index (χ2v) is 8.51. The van der Waals surface area contributed by atoms with Crippen LogP contribution in [0.5, 0.6) is 5.75 Å². The van der Waals surface area contributed by atoms with Gasteiger partial charge in [0.2, 0.25) is 5.91 Å². The standard InChI is InChI=1S/C22H28N2O3S/c1-26-18-10-8-17(9-11-18)23(15-19-5-4-14-28-19)16-22(25)24-12-13-27-21-7-3-2-6-20(21)24/h4-5,8-11,14,20-21H,2-3,6-7,12-13,15-16H2,1H3. The van der Waals surface area contributed by atoms with E-state index >= 15 is 0 Å². The maximum atomic E-state index is 13.3. The summed E-state index contributed by atoms with van der Waals surface area (Å²) in [5.41, 5.74) is 1.04. The van der Waals surface area contributed by atoms with Gasteiger partial charge in [0, 0.05) is 17.1 Å². The normalized spacial score (nSPS) is 21.8. The van der Waals surface area contributed by atoms with Gasteiger partial charge in [-0.05, 0) is 48.6 Å². The maximum Gasteiger partial charge on any atom is 0.242 e. The van der Waals surface area contributed by atoms with Crippen LogP contribution >= 0.6 is 11.3 Å². The minimum atomic E-state index is 0.201. The van der Waals surface area contributed by atoms with Crippen LogP contribution in [-0.4, -0.2) is 49.8 Å². The topological polar surface area (TPSA) is 42.0 Å². The predicted molar refractivity (Wildman–Crippen MR) is 112 cm³/mol. The van der Waals surface area contributed by atoms with E-state index in [-0.39, 0.29) is 18.1 Å². The Bertz CT molecular complexity index is 761. The number of morpholine rings is 1. The zero-order valence-electron chi connectivity index (χ0n) is 16.4. The van der Waals surface area contributed by atoms with Crippen LogP contribution < -0.4 is 9.64 Å². The van der Waals surface area contributed by atoms with E-state index in [2.05, 4.69) is 27.3 Å². The predicted octanol–water partition coefficient (Wildman–Crippen LogP) is 3.93. The van der Waals surface area contributed by atoms with Crippen LogP contribution in [0, 0.1) is 0 Å². The molecule has 6 heteroatoms. The number of nitrogens with zero attached hydrogens (tertiary/aromatic N) is 2. The van der Waals surface area contributed by atoms with Crippen LogP contribution in [0.2, 0.25) is 0 Å². The Morgan fingerprint density at radius 2 is 2.07 bits per heavy atom. The van der Waals surface area contributed by atoms with Gasteiger partial charge in [0.15, 0.2) is 0 Å². The van der Waals surface area contributed by atoms with E-state index in [1.165, 1.54) is 17.7 Å². The Balaban J connectivity index is 1.51. The van der Waals surface area contributed by atoms with Crippen molar-refractivity contribution in [1.29, 1.82) is 0 Å². The molecule has 2 heterocycles. The summed E-state index contributed by atoms with van der Waals surface area (Å²) in [6.07, 6.45) is 4.75. The molecule has 1 aliphatic heterocycles. The number of thiophene rings is 1. The lowest BCUT2D eigenvalue weighted by Gasteiger charge is -2.44. The Hall–Kier alpha value is -2.05. The number of amides is 1. The number of methoxy groups -OCH3 is 1. The van der Waals surface area contributed by atoms with Gasteiger partial charge < -0.3 is 19.3 Å². The number of anilines is 1. The maximum absolute atomic E-state index is 13.3. The number of benzene rings is 1. The molecule has 4 rings (SSSR count). The van der Waals surface area contributed by atoms with E-state index < -0.39 is 0 Å². The molecule has 1 aliphatic carbocycles. The van der Waals surface area contributed by atoms with Crippen LogP contribution in [0.3, 0.4) is 0 Å². The fourth-order valence-electron chi connectivity index (χ4n) is 4.28. The summed E-state index contributed by atoms with van der Waals surface area (Å²) in [4.78, 5) is 18.8. The molecule has 2 atom stereocenters. The fraction of sp³-hybridized carbons (Fsp3) is 0.500. The van der Waals surface area contributed by atoms with Crippen LogP contribution in [0.15, 0.2) is 41.8 Å². The molecule has 0 spiro atoms. The molecule has 150 valence electrons. The Morgan fingerprint density at radius 1 is 1.25 bits per heavy atom. The first-order valence-electron chi connectivity index (χ1n) is 10.1. The monoisotopic (exact) mass is 400 g/mol. The lowest BCUT2D eigenvalue weighted by atomic mass is 9.90. The minimum absolute atomic E-state index is 0.201. The quantitative estimate of drug-likeness (QED) is 0.737. The summed E-state index contributed by atoms with van der Waals surface area (Å²) < 4.78 is 11.2. The number of carbonyl (C=O) groups excluding carboxylic acids is 1. The largest absolute Gasteiger partial charge is 0.497 e. The average Bonchev–Trinajstić information content (AvgIpc) is 3.26. The lowest BCUT2D eigenvalue weighted by Crippen LogP contribution is -2.56. The molecule has 1 aromatic carbocycles. The van der Waals surface area contributed by atoms with Crippen molar-refractivity contribution in [2.45, 2.75) is 44.4 Å². The van der Waals surface area contributed by atoms with Crippen molar-refractivity contribution < 1.29 is 14.3 Å². The molecule has 0 bridgehead atoms. The Morgan fingerprint density at radius 3 is 2.82 bits per heavy atom. The molecule has 2 aliphatic rings. The van der Waals surface area contributed by atoms with E-state index in [0.717, 1.165) is 30.8 Å². The minimum Gasteiger partial charge on any atom is -0.497 e. The summed E-state index contributed by atoms with van der Waals surface area (Å²) in [5.74, 6) is 1.02. The summed E-state index contributed by atoms with van der Waals surface area (Å²) in [6.45, 7) is 2.47. The van der Waals surface area contributed by atoms with Gasteiger partial charge in [0.05, 0.1) is 39.0 Å². The zero-order valence-corrected chi connectivity index (χ0v) is 17.2. The number of fused-ring (bicyclic) bond motifs is 1. The van der Waals surface area contributed by atoms with Gasteiger partial charge in [-0.15, -0.1) is 11.3 Å². The number of carbonyl (C=O) groups is 1. The summed E-state index contributed by atoms with van der Waals surface area (Å²) in [5, 5.41) is 2.08. The zero-order chi connectivity index (χ0) is 19.3. The SMILES string of the molecule is COc1ccc(N(CC(=O)N2CCOC3CCCCC32)Cc2cccs2)cc1. The molecule has 2 fully saturated rings. The first kappa shape index (κ1) is 19.3. The molecule has 1 amide bonds. The molecule has 0 N–H and O–H groups in total. The average molecular weight is 401 g/mol. The molecular formula is C22H28N2O3S. The van der Waals surface area contributed by atoms with Gasteiger partial charge in [-0.1, -0.05) is 18.9 Å². The molecular weight excluding hydrogens is 372 g/mol. The Labute approximate surface area is 170 Å². The highest BCUT2D eigenvalue weighted by Crippen LogP contribution is 2.29. The summed E-state index contributed by atoms with van der Waals surface area (Å²) in [6, 6.07) is 12.4. The molecule has 1 saturated carbocycles. The van der Waals surface area contributed by atoms with E-state index in [0.29, 0.717) is 19.7 Å². The molecule has 1 saturated heterocycles. The third-order valence-electron chi connectivity index (χ3n) is 5.74. The Kier molecular flexibility index (Phi) is 6.17. The number of ether oxygens (including phenoxy) is 2. The molecule has 5 nitrogen and oxygen atoms in total. The van der Waals surface area contributed by atoms with Crippen molar-refractivity contribution in [2.24, 2.45) is 0 Å². The highest BCUT2D eigenvalue weighted by atomic mass is 32.1. The van der Waals surface area contributed by atoms with Crippen LogP contribution in [-0.2, 0) is 16.1 Å². The third kappa shape index (κ3) is 4.33.